The molecule has 0 saturated heterocycles. The Bertz CT molecular complexity index is 647. The summed E-state index contributed by atoms with van der Waals surface area (Å²) in [5.41, 5.74) is -0.555. The highest BCUT2D eigenvalue weighted by Gasteiger charge is 2.18. The minimum Gasteiger partial charge on any atom is -0.452 e. The number of likely N-dealkylation sites (N-methyl/N-ethyl adjacent to an activating group) is 1. The largest absolute Gasteiger partial charge is 0.452 e. The van der Waals surface area contributed by atoms with Crippen molar-refractivity contribution in [1.82, 2.24) is 10.2 Å². The molecule has 23 heavy (non-hydrogen) atoms. The van der Waals surface area contributed by atoms with Crippen molar-refractivity contribution in [2.24, 2.45) is 0 Å². The Kier molecular flexibility index (Phi) is 6.46. The highest BCUT2D eigenvalue weighted by molar-refractivity contribution is 6.33. The fourth-order valence-electron chi connectivity index (χ4n) is 1.38. The molecule has 0 fully saturated rings. The summed E-state index contributed by atoms with van der Waals surface area (Å²) >= 11 is 5.77. The number of carbonyl (C=O) groups excluding carboxylic acids is 3. The third-order valence-corrected chi connectivity index (χ3v) is 2.98. The lowest BCUT2D eigenvalue weighted by Gasteiger charge is -2.11. The molecule has 0 heterocycles. The molecule has 1 N–H and O–H groups in total. The average Bonchev–Trinajstić information content (AvgIpc) is 2.50. The summed E-state index contributed by atoms with van der Waals surface area (Å²) < 4.78 is 4.72. The van der Waals surface area contributed by atoms with Gasteiger partial charge in [-0.3, -0.25) is 19.7 Å². The Balaban J connectivity index is 2.60. The highest BCUT2D eigenvalue weighted by Crippen LogP contribution is 2.22. The lowest BCUT2D eigenvalue weighted by molar-refractivity contribution is -0.384. The third kappa shape index (κ3) is 5.55. The molecule has 9 nitrogen and oxygen atoms in total. The van der Waals surface area contributed by atoms with E-state index in [9.17, 15) is 24.5 Å². The summed E-state index contributed by atoms with van der Waals surface area (Å²) in [6.45, 7) is -0.875. The normalized spacial score (nSPS) is 9.87. The first-order valence-corrected chi connectivity index (χ1v) is 6.68. The summed E-state index contributed by atoms with van der Waals surface area (Å²) in [5, 5.41) is 12.9. The van der Waals surface area contributed by atoms with Crippen molar-refractivity contribution in [2.45, 2.75) is 0 Å². The number of nitrogens with zero attached hydrogens (tertiary/aromatic N) is 2. The van der Waals surface area contributed by atoms with Gasteiger partial charge in [0, 0.05) is 26.2 Å². The fraction of sp³-hybridized carbons (Fsp3) is 0.308. The molecule has 10 heteroatoms. The number of nitro benzene ring substituents is 1. The van der Waals surface area contributed by atoms with Gasteiger partial charge in [-0.1, -0.05) is 11.6 Å². The third-order valence-electron chi connectivity index (χ3n) is 2.65. The van der Waals surface area contributed by atoms with Crippen molar-refractivity contribution in [1.29, 1.82) is 0 Å². The zero-order valence-electron chi connectivity index (χ0n) is 12.4. The molecule has 0 atom stereocenters. The first-order chi connectivity index (χ1) is 10.7. The number of ether oxygens (including phenoxy) is 1. The van der Waals surface area contributed by atoms with E-state index < -0.39 is 23.4 Å². The van der Waals surface area contributed by atoms with Gasteiger partial charge in [-0.2, -0.15) is 0 Å². The van der Waals surface area contributed by atoms with Crippen LogP contribution >= 0.6 is 11.6 Å². The lowest BCUT2D eigenvalue weighted by Crippen LogP contribution is -2.38. The number of benzene rings is 1. The SMILES string of the molecule is CN(C)C(=O)CNC(=O)COC(=O)c1cc([N+](=O)[O-])ccc1Cl. The summed E-state index contributed by atoms with van der Waals surface area (Å²) in [4.78, 5) is 45.8. The van der Waals surface area contributed by atoms with Crippen LogP contribution in [0.4, 0.5) is 5.69 Å². The van der Waals surface area contributed by atoms with E-state index in [1.165, 1.54) is 25.1 Å². The molecular weight excluding hydrogens is 330 g/mol. The van der Waals surface area contributed by atoms with E-state index >= 15 is 0 Å². The second-order valence-corrected chi connectivity index (χ2v) is 4.97. The maximum atomic E-state index is 11.8. The standard InChI is InChI=1S/C13H14ClN3O6/c1-16(2)12(19)6-15-11(18)7-23-13(20)9-5-8(17(21)22)3-4-10(9)14/h3-5H,6-7H2,1-2H3,(H,15,18). The average molecular weight is 344 g/mol. The van der Waals surface area contributed by atoms with Crippen molar-refractivity contribution < 1.29 is 24.0 Å². The van der Waals surface area contributed by atoms with Crippen LogP contribution in [0.25, 0.3) is 0 Å². The van der Waals surface area contributed by atoms with E-state index in [-0.39, 0.29) is 28.7 Å². The molecule has 1 rings (SSSR count). The summed E-state index contributed by atoms with van der Waals surface area (Å²) in [7, 11) is 3.05. The first-order valence-electron chi connectivity index (χ1n) is 6.30. The second-order valence-electron chi connectivity index (χ2n) is 4.56. The van der Waals surface area contributed by atoms with Crippen LogP contribution in [0.15, 0.2) is 18.2 Å². The number of esters is 1. The molecule has 2 amide bonds. The molecule has 1 aromatic rings. The number of carbonyl (C=O) groups is 3. The molecule has 0 aliphatic rings. The van der Waals surface area contributed by atoms with Crippen LogP contribution in [0.5, 0.6) is 0 Å². The van der Waals surface area contributed by atoms with Gasteiger partial charge in [0.15, 0.2) is 6.61 Å². The summed E-state index contributed by atoms with van der Waals surface area (Å²) in [6, 6.07) is 3.28. The van der Waals surface area contributed by atoms with Crippen LogP contribution < -0.4 is 5.32 Å². The van der Waals surface area contributed by atoms with Gasteiger partial charge in [-0.25, -0.2) is 4.79 Å². The summed E-state index contributed by atoms with van der Waals surface area (Å²) in [5.74, 6) is -1.99. The molecule has 0 bridgehead atoms. The number of nitrogens with one attached hydrogen (secondary N) is 1. The smallest absolute Gasteiger partial charge is 0.340 e. The lowest BCUT2D eigenvalue weighted by atomic mass is 10.2. The molecule has 0 saturated carbocycles. The minimum atomic E-state index is -0.979. The fourth-order valence-corrected chi connectivity index (χ4v) is 1.57. The Labute approximate surface area is 136 Å². The molecule has 0 spiro atoms. The number of hydrogen-bond donors (Lipinski definition) is 1. The Hall–Kier alpha value is -2.68. The maximum Gasteiger partial charge on any atom is 0.340 e. The van der Waals surface area contributed by atoms with Crippen molar-refractivity contribution in [2.75, 3.05) is 27.2 Å². The van der Waals surface area contributed by atoms with Gasteiger partial charge in [0.1, 0.15) is 0 Å². The van der Waals surface area contributed by atoms with Crippen molar-refractivity contribution in [3.8, 4) is 0 Å². The molecule has 0 aliphatic carbocycles. The van der Waals surface area contributed by atoms with E-state index in [1.54, 1.807) is 0 Å². The highest BCUT2D eigenvalue weighted by atomic mass is 35.5. The van der Waals surface area contributed by atoms with Crippen LogP contribution in [0.1, 0.15) is 10.4 Å². The van der Waals surface area contributed by atoms with E-state index in [1.807, 2.05) is 0 Å². The number of hydrogen-bond acceptors (Lipinski definition) is 6. The van der Waals surface area contributed by atoms with Gasteiger partial charge in [0.05, 0.1) is 22.1 Å². The molecule has 124 valence electrons. The number of halogens is 1. The van der Waals surface area contributed by atoms with E-state index in [2.05, 4.69) is 5.32 Å². The van der Waals surface area contributed by atoms with Gasteiger partial charge in [0.25, 0.3) is 11.6 Å². The van der Waals surface area contributed by atoms with Gasteiger partial charge in [-0.05, 0) is 6.07 Å². The monoisotopic (exact) mass is 343 g/mol. The first kappa shape index (κ1) is 18.4. The van der Waals surface area contributed by atoms with Crippen LogP contribution in [-0.2, 0) is 14.3 Å². The molecule has 1 aromatic carbocycles. The van der Waals surface area contributed by atoms with Gasteiger partial charge in [-0.15, -0.1) is 0 Å². The Morgan fingerprint density at radius 2 is 2.00 bits per heavy atom. The Morgan fingerprint density at radius 1 is 1.35 bits per heavy atom. The maximum absolute atomic E-state index is 11.8. The van der Waals surface area contributed by atoms with Crippen LogP contribution in [0, 0.1) is 10.1 Å². The number of amides is 2. The zero-order valence-corrected chi connectivity index (χ0v) is 13.1. The predicted octanol–water partition coefficient (Wildman–Crippen LogP) is 0.609. The minimum absolute atomic E-state index is 0.0382. The number of non-ortho nitro benzene ring substituents is 1. The quantitative estimate of drug-likeness (QED) is 0.459. The van der Waals surface area contributed by atoms with E-state index in [4.69, 9.17) is 16.3 Å². The predicted molar refractivity (Wildman–Crippen MR) is 80.1 cm³/mol. The van der Waals surface area contributed by atoms with Gasteiger partial charge >= 0.3 is 5.97 Å². The van der Waals surface area contributed by atoms with Crippen molar-refractivity contribution in [3.63, 3.8) is 0 Å². The second kappa shape index (κ2) is 8.08. The number of nitro groups is 1. The number of rotatable bonds is 6. The topological polar surface area (TPSA) is 119 Å². The van der Waals surface area contributed by atoms with Gasteiger partial charge < -0.3 is 15.0 Å². The van der Waals surface area contributed by atoms with E-state index in [0.29, 0.717) is 0 Å². The van der Waals surface area contributed by atoms with E-state index in [0.717, 1.165) is 12.1 Å². The van der Waals surface area contributed by atoms with Gasteiger partial charge in [0.2, 0.25) is 5.91 Å². The zero-order chi connectivity index (χ0) is 17.6. The van der Waals surface area contributed by atoms with Crippen molar-refractivity contribution >= 4 is 35.1 Å². The van der Waals surface area contributed by atoms with Crippen LogP contribution in [0.2, 0.25) is 5.02 Å². The van der Waals surface area contributed by atoms with Crippen molar-refractivity contribution in [3.05, 3.63) is 38.9 Å². The van der Waals surface area contributed by atoms with Crippen LogP contribution in [-0.4, -0.2) is 54.9 Å². The Morgan fingerprint density at radius 3 is 2.57 bits per heavy atom. The molecule has 0 radical (unpaired) electrons. The molecular formula is C13H14ClN3O6. The molecule has 0 unspecified atom stereocenters. The molecule has 0 aromatic heterocycles. The summed E-state index contributed by atoms with van der Waals surface area (Å²) in [6.07, 6.45) is 0. The van der Waals surface area contributed by atoms with Crippen LogP contribution in [0.3, 0.4) is 0 Å². The molecule has 0 aliphatic heterocycles.